The number of aromatic nitrogens is 3. The van der Waals surface area contributed by atoms with Gasteiger partial charge in [0, 0.05) is 56.1 Å². The number of fused-ring (bicyclic) bond motifs is 1. The molecule has 45 heavy (non-hydrogen) atoms. The maximum absolute atomic E-state index is 14.3. The standard InChI is InChI=1S/C34H31FN6O4/c1-43-27-11-8-24(9-12-27)33-29(37-31-13-10-25(20-41(31)33)34(42)44-2)21-39-14-16-40(17-15-39)30-4-3-5-32(38-30)45-22-26-7-6-23(19-36)18-28(26)35/h3-13,18,20H,14-17,21-22H2,1-2H3. The summed E-state index contributed by atoms with van der Waals surface area (Å²) in [4.78, 5) is 26.5. The lowest BCUT2D eigenvalue weighted by atomic mass is 10.1. The van der Waals surface area contributed by atoms with Gasteiger partial charge in [-0.15, -0.1) is 0 Å². The second-order valence-corrected chi connectivity index (χ2v) is 10.6. The van der Waals surface area contributed by atoms with Crippen molar-refractivity contribution in [2.45, 2.75) is 13.2 Å². The Morgan fingerprint density at radius 3 is 2.49 bits per heavy atom. The summed E-state index contributed by atoms with van der Waals surface area (Å²) in [6.07, 6.45) is 1.77. The van der Waals surface area contributed by atoms with Gasteiger partial charge in [0.25, 0.3) is 0 Å². The van der Waals surface area contributed by atoms with E-state index in [1.54, 1.807) is 37.6 Å². The number of nitriles is 1. The number of hydrogen-bond donors (Lipinski definition) is 0. The Morgan fingerprint density at radius 1 is 0.978 bits per heavy atom. The number of imidazole rings is 1. The Hall–Kier alpha value is -5.47. The molecule has 0 saturated carbocycles. The van der Waals surface area contributed by atoms with Crippen molar-refractivity contribution in [3.8, 4) is 29.0 Å². The van der Waals surface area contributed by atoms with Gasteiger partial charge in [0.05, 0.1) is 42.8 Å². The number of carbonyl (C=O) groups excluding carboxylic acids is 1. The van der Waals surface area contributed by atoms with E-state index in [1.165, 1.54) is 13.2 Å². The van der Waals surface area contributed by atoms with E-state index in [-0.39, 0.29) is 12.2 Å². The first-order valence-electron chi connectivity index (χ1n) is 14.4. The molecule has 0 atom stereocenters. The molecule has 228 valence electrons. The number of benzene rings is 2. The smallest absolute Gasteiger partial charge is 0.339 e. The zero-order chi connectivity index (χ0) is 31.3. The number of nitrogens with zero attached hydrogens (tertiary/aromatic N) is 6. The van der Waals surface area contributed by atoms with Gasteiger partial charge in [-0.3, -0.25) is 9.30 Å². The van der Waals surface area contributed by atoms with E-state index in [4.69, 9.17) is 24.5 Å². The lowest BCUT2D eigenvalue weighted by Crippen LogP contribution is -2.46. The summed E-state index contributed by atoms with van der Waals surface area (Å²) in [7, 11) is 3.00. The topological polar surface area (TPSA) is 105 Å². The van der Waals surface area contributed by atoms with Crippen LogP contribution in [-0.2, 0) is 17.9 Å². The van der Waals surface area contributed by atoms with Gasteiger partial charge in [-0.2, -0.15) is 10.2 Å². The van der Waals surface area contributed by atoms with Gasteiger partial charge in [-0.25, -0.2) is 14.2 Å². The number of methoxy groups -OCH3 is 2. The van der Waals surface area contributed by atoms with E-state index in [9.17, 15) is 9.18 Å². The minimum Gasteiger partial charge on any atom is -0.497 e. The van der Waals surface area contributed by atoms with Gasteiger partial charge in [0.2, 0.25) is 5.88 Å². The number of ether oxygens (including phenoxy) is 3. The predicted molar refractivity (Wildman–Crippen MR) is 166 cm³/mol. The summed E-state index contributed by atoms with van der Waals surface area (Å²) < 4.78 is 32.3. The number of piperazine rings is 1. The fourth-order valence-electron chi connectivity index (χ4n) is 5.39. The highest BCUT2D eigenvalue weighted by Gasteiger charge is 2.23. The predicted octanol–water partition coefficient (Wildman–Crippen LogP) is 5.10. The molecule has 11 heteroatoms. The molecule has 6 rings (SSSR count). The molecule has 4 heterocycles. The number of anilines is 1. The van der Waals surface area contributed by atoms with Crippen LogP contribution < -0.4 is 14.4 Å². The van der Waals surface area contributed by atoms with Crippen LogP contribution >= 0.6 is 0 Å². The van der Waals surface area contributed by atoms with E-state index >= 15 is 0 Å². The van der Waals surface area contributed by atoms with Crippen molar-refractivity contribution in [2.75, 3.05) is 45.3 Å². The molecule has 0 aliphatic carbocycles. The molecule has 0 bridgehead atoms. The number of carbonyl (C=O) groups is 1. The van der Waals surface area contributed by atoms with Gasteiger partial charge in [-0.1, -0.05) is 12.1 Å². The lowest BCUT2D eigenvalue weighted by molar-refractivity contribution is 0.0600. The van der Waals surface area contributed by atoms with Crippen LogP contribution in [0.4, 0.5) is 10.2 Å². The highest BCUT2D eigenvalue weighted by atomic mass is 19.1. The van der Waals surface area contributed by atoms with Crippen molar-refractivity contribution in [3.05, 3.63) is 107 Å². The second-order valence-electron chi connectivity index (χ2n) is 10.6. The van der Waals surface area contributed by atoms with Crippen LogP contribution in [0.1, 0.15) is 27.2 Å². The average molecular weight is 607 g/mol. The van der Waals surface area contributed by atoms with Gasteiger partial charge < -0.3 is 19.1 Å². The molecular formula is C34H31FN6O4. The third kappa shape index (κ3) is 6.41. The summed E-state index contributed by atoms with van der Waals surface area (Å²) >= 11 is 0. The summed E-state index contributed by atoms with van der Waals surface area (Å²) in [5.41, 5.74) is 4.58. The third-order valence-electron chi connectivity index (χ3n) is 7.81. The minimum atomic E-state index is -0.481. The van der Waals surface area contributed by atoms with Crippen molar-refractivity contribution in [2.24, 2.45) is 0 Å². The Kier molecular flexibility index (Phi) is 8.57. The van der Waals surface area contributed by atoms with Gasteiger partial charge in [-0.05, 0) is 54.6 Å². The zero-order valence-corrected chi connectivity index (χ0v) is 24.9. The van der Waals surface area contributed by atoms with Crippen LogP contribution in [0.25, 0.3) is 16.9 Å². The number of hydrogen-bond acceptors (Lipinski definition) is 9. The van der Waals surface area contributed by atoms with Crippen LogP contribution in [0, 0.1) is 17.1 Å². The number of pyridine rings is 2. The minimum absolute atomic E-state index is 0.0123. The van der Waals surface area contributed by atoms with E-state index in [0.29, 0.717) is 23.6 Å². The number of esters is 1. The summed E-state index contributed by atoms with van der Waals surface area (Å²) in [5, 5.41) is 8.96. The summed E-state index contributed by atoms with van der Waals surface area (Å²) in [6.45, 7) is 3.70. The van der Waals surface area contributed by atoms with Gasteiger partial charge in [0.1, 0.15) is 29.6 Å². The van der Waals surface area contributed by atoms with Crippen LogP contribution in [0.5, 0.6) is 11.6 Å². The third-order valence-corrected chi connectivity index (χ3v) is 7.81. The van der Waals surface area contributed by atoms with Crippen molar-refractivity contribution >= 4 is 17.4 Å². The Bertz CT molecular complexity index is 1880. The van der Waals surface area contributed by atoms with Crippen molar-refractivity contribution in [3.63, 3.8) is 0 Å². The molecule has 1 saturated heterocycles. The SMILES string of the molecule is COC(=O)c1ccc2nc(CN3CCN(c4cccc(OCc5ccc(C#N)cc5F)n4)CC3)c(-c3ccc(OC)cc3)n2c1. The fourth-order valence-corrected chi connectivity index (χ4v) is 5.39. The molecule has 0 radical (unpaired) electrons. The first-order valence-corrected chi connectivity index (χ1v) is 14.4. The quantitative estimate of drug-likeness (QED) is 0.212. The summed E-state index contributed by atoms with van der Waals surface area (Å²) in [6, 6.07) is 23.2. The van der Waals surface area contributed by atoms with Gasteiger partial charge >= 0.3 is 5.97 Å². The second kappa shape index (κ2) is 13.0. The first-order chi connectivity index (χ1) is 21.9. The number of halogens is 1. The monoisotopic (exact) mass is 606 g/mol. The molecule has 1 aliphatic heterocycles. The van der Waals surface area contributed by atoms with Crippen LogP contribution in [0.15, 0.2) is 79.0 Å². The van der Waals surface area contributed by atoms with Gasteiger partial charge in [0.15, 0.2) is 0 Å². The maximum Gasteiger partial charge on any atom is 0.339 e. The molecule has 0 spiro atoms. The molecular weight excluding hydrogens is 575 g/mol. The molecule has 2 aromatic carbocycles. The fraction of sp³-hybridized carbons (Fsp3) is 0.235. The van der Waals surface area contributed by atoms with E-state index in [1.807, 2.05) is 52.9 Å². The molecule has 3 aromatic heterocycles. The zero-order valence-electron chi connectivity index (χ0n) is 24.9. The lowest BCUT2D eigenvalue weighted by Gasteiger charge is -2.35. The van der Waals surface area contributed by atoms with E-state index in [0.717, 1.165) is 60.3 Å². The largest absolute Gasteiger partial charge is 0.497 e. The number of rotatable bonds is 9. The molecule has 1 aliphatic rings. The normalized spacial score (nSPS) is 13.4. The maximum atomic E-state index is 14.3. The van der Waals surface area contributed by atoms with Crippen molar-refractivity contribution in [1.29, 1.82) is 5.26 Å². The van der Waals surface area contributed by atoms with E-state index in [2.05, 4.69) is 14.8 Å². The molecule has 10 nitrogen and oxygen atoms in total. The van der Waals surface area contributed by atoms with Crippen LogP contribution in [-0.4, -0.2) is 65.6 Å². The van der Waals surface area contributed by atoms with Crippen molar-refractivity contribution < 1.29 is 23.4 Å². The Balaban J connectivity index is 1.16. The Morgan fingerprint density at radius 2 is 1.78 bits per heavy atom. The molecule has 5 aromatic rings. The van der Waals surface area contributed by atoms with Crippen LogP contribution in [0.2, 0.25) is 0 Å². The highest BCUT2D eigenvalue weighted by Crippen LogP contribution is 2.29. The first kappa shape index (κ1) is 29.6. The molecule has 0 unspecified atom stereocenters. The molecule has 0 amide bonds. The van der Waals surface area contributed by atoms with Crippen LogP contribution in [0.3, 0.4) is 0 Å². The van der Waals surface area contributed by atoms with E-state index < -0.39 is 11.8 Å². The average Bonchev–Trinajstić information content (AvgIpc) is 3.44. The summed E-state index contributed by atoms with van der Waals surface area (Å²) in [5.74, 6) is 1.05. The molecule has 1 fully saturated rings. The van der Waals surface area contributed by atoms with Crippen molar-refractivity contribution in [1.82, 2.24) is 19.3 Å². The highest BCUT2D eigenvalue weighted by molar-refractivity contribution is 5.89. The Labute approximate surface area is 259 Å². The molecule has 0 N–H and O–H groups in total.